The van der Waals surface area contributed by atoms with Gasteiger partial charge in [0.25, 0.3) is 5.91 Å². The number of hydrogen-bond acceptors (Lipinski definition) is 4. The van der Waals surface area contributed by atoms with Crippen molar-refractivity contribution in [2.24, 2.45) is 0 Å². The normalized spacial score (nSPS) is 16.8. The van der Waals surface area contributed by atoms with Gasteiger partial charge in [-0.2, -0.15) is 0 Å². The van der Waals surface area contributed by atoms with Gasteiger partial charge in [-0.25, -0.2) is 0 Å². The third-order valence-electron chi connectivity index (χ3n) is 4.64. The topological polar surface area (TPSA) is 38.8 Å². The highest BCUT2D eigenvalue weighted by molar-refractivity contribution is 7.09. The second kappa shape index (κ2) is 9.19. The Balaban J connectivity index is 1.58. The average Bonchev–Trinajstić information content (AvgIpc) is 3.33. The van der Waals surface area contributed by atoms with E-state index in [2.05, 4.69) is 32.0 Å². The molecule has 1 saturated heterocycles. The fourth-order valence-electron chi connectivity index (χ4n) is 3.06. The molecule has 1 aliphatic heterocycles. The number of thiophene rings is 1. The van der Waals surface area contributed by atoms with Gasteiger partial charge < -0.3 is 14.4 Å². The Morgan fingerprint density at radius 3 is 2.73 bits per heavy atom. The number of nitrogens with zero attached hydrogens (tertiary/aromatic N) is 1. The van der Waals surface area contributed by atoms with Crippen LogP contribution in [0.1, 0.15) is 43.0 Å². The van der Waals surface area contributed by atoms with Gasteiger partial charge in [-0.1, -0.05) is 32.0 Å². The minimum atomic E-state index is 0.00170. The van der Waals surface area contributed by atoms with Gasteiger partial charge in [-0.15, -0.1) is 11.3 Å². The number of hydrogen-bond donors (Lipinski definition) is 0. The maximum absolute atomic E-state index is 12.8. The first-order valence-electron chi connectivity index (χ1n) is 9.26. The van der Waals surface area contributed by atoms with Gasteiger partial charge in [0.05, 0.1) is 12.6 Å². The molecule has 1 aromatic heterocycles. The summed E-state index contributed by atoms with van der Waals surface area (Å²) in [6, 6.07) is 12.1. The summed E-state index contributed by atoms with van der Waals surface area (Å²) >= 11 is 1.67. The summed E-state index contributed by atoms with van der Waals surface area (Å²) in [5.41, 5.74) is 1.27. The minimum Gasteiger partial charge on any atom is -0.484 e. The second-order valence-electron chi connectivity index (χ2n) is 7.00. The Morgan fingerprint density at radius 2 is 2.12 bits per heavy atom. The van der Waals surface area contributed by atoms with E-state index in [-0.39, 0.29) is 18.6 Å². The molecule has 0 radical (unpaired) electrons. The molecule has 1 fully saturated rings. The molecule has 140 valence electrons. The zero-order valence-corrected chi connectivity index (χ0v) is 16.3. The van der Waals surface area contributed by atoms with E-state index in [0.717, 1.165) is 25.2 Å². The van der Waals surface area contributed by atoms with Crippen molar-refractivity contribution in [1.82, 2.24) is 4.90 Å². The van der Waals surface area contributed by atoms with Gasteiger partial charge in [0, 0.05) is 18.0 Å². The molecule has 1 aliphatic rings. The number of benzene rings is 1. The van der Waals surface area contributed by atoms with Crippen molar-refractivity contribution in [1.29, 1.82) is 0 Å². The molecule has 2 aromatic rings. The molecule has 4 nitrogen and oxygen atoms in total. The van der Waals surface area contributed by atoms with Crippen LogP contribution in [0.4, 0.5) is 0 Å². The standard InChI is InChI=1S/C21H27NO3S/c1-16(2)17-7-9-18(10-8-17)25-15-21(23)22(13-19-5-3-11-24-19)14-20-6-4-12-26-20/h4,6-10,12,16,19H,3,5,11,13-15H2,1-2H3. The summed E-state index contributed by atoms with van der Waals surface area (Å²) < 4.78 is 11.5. The molecule has 0 bridgehead atoms. The summed E-state index contributed by atoms with van der Waals surface area (Å²) in [5.74, 6) is 1.22. The molecule has 0 N–H and O–H groups in total. The molecule has 1 atom stereocenters. The van der Waals surface area contributed by atoms with Crippen LogP contribution in [0.5, 0.6) is 5.75 Å². The average molecular weight is 374 g/mol. The van der Waals surface area contributed by atoms with E-state index < -0.39 is 0 Å². The third-order valence-corrected chi connectivity index (χ3v) is 5.50. The quantitative estimate of drug-likeness (QED) is 0.686. The van der Waals surface area contributed by atoms with E-state index in [1.54, 1.807) is 11.3 Å². The molecule has 0 spiro atoms. The largest absolute Gasteiger partial charge is 0.484 e. The van der Waals surface area contributed by atoms with Crippen molar-refractivity contribution in [3.63, 3.8) is 0 Å². The zero-order valence-electron chi connectivity index (χ0n) is 15.5. The van der Waals surface area contributed by atoms with Crippen molar-refractivity contribution < 1.29 is 14.3 Å². The van der Waals surface area contributed by atoms with Crippen molar-refractivity contribution in [2.75, 3.05) is 19.8 Å². The van der Waals surface area contributed by atoms with Gasteiger partial charge >= 0.3 is 0 Å². The molecule has 1 amide bonds. The maximum Gasteiger partial charge on any atom is 0.260 e. The van der Waals surface area contributed by atoms with Crippen LogP contribution in [0.15, 0.2) is 41.8 Å². The van der Waals surface area contributed by atoms with Crippen LogP contribution in [-0.2, 0) is 16.1 Å². The Hall–Kier alpha value is -1.85. The van der Waals surface area contributed by atoms with Crippen LogP contribution in [0.2, 0.25) is 0 Å². The highest BCUT2D eigenvalue weighted by Crippen LogP contribution is 2.20. The van der Waals surface area contributed by atoms with Crippen LogP contribution in [0, 0.1) is 0 Å². The number of amides is 1. The first-order chi connectivity index (χ1) is 12.6. The minimum absolute atomic E-state index is 0.00170. The fourth-order valence-corrected chi connectivity index (χ4v) is 3.78. The van der Waals surface area contributed by atoms with Gasteiger partial charge in [-0.05, 0) is 47.9 Å². The summed E-state index contributed by atoms with van der Waals surface area (Å²) in [6.07, 6.45) is 2.24. The van der Waals surface area contributed by atoms with Crippen molar-refractivity contribution in [3.05, 3.63) is 52.2 Å². The molecule has 26 heavy (non-hydrogen) atoms. The maximum atomic E-state index is 12.8. The zero-order chi connectivity index (χ0) is 18.4. The van der Waals surface area contributed by atoms with E-state index in [1.807, 2.05) is 28.5 Å². The van der Waals surface area contributed by atoms with Crippen molar-refractivity contribution >= 4 is 17.2 Å². The molecule has 5 heteroatoms. The SMILES string of the molecule is CC(C)c1ccc(OCC(=O)N(Cc2cccs2)CC2CCCO2)cc1. The highest BCUT2D eigenvalue weighted by atomic mass is 32.1. The molecule has 0 aliphatic carbocycles. The molecular formula is C21H27NO3S. The monoisotopic (exact) mass is 373 g/mol. The van der Waals surface area contributed by atoms with Crippen LogP contribution in [0.25, 0.3) is 0 Å². The van der Waals surface area contributed by atoms with Gasteiger partial charge in [-0.3, -0.25) is 4.79 Å². The number of rotatable bonds is 8. The predicted octanol–water partition coefficient (Wildman–Crippen LogP) is 4.46. The smallest absolute Gasteiger partial charge is 0.260 e. The third kappa shape index (κ3) is 5.32. The number of carbonyl (C=O) groups excluding carboxylic acids is 1. The van der Waals surface area contributed by atoms with Crippen LogP contribution in [-0.4, -0.2) is 36.7 Å². The van der Waals surface area contributed by atoms with Crippen LogP contribution in [0.3, 0.4) is 0 Å². The van der Waals surface area contributed by atoms with E-state index in [0.29, 0.717) is 19.0 Å². The van der Waals surface area contributed by atoms with Crippen molar-refractivity contribution in [3.8, 4) is 5.75 Å². The molecule has 1 aromatic carbocycles. The lowest BCUT2D eigenvalue weighted by molar-refractivity contribution is -0.135. The van der Waals surface area contributed by atoms with Crippen LogP contribution < -0.4 is 4.74 Å². The molecule has 0 saturated carbocycles. The fraction of sp³-hybridized carbons (Fsp3) is 0.476. The Labute approximate surface area is 159 Å². The van der Waals surface area contributed by atoms with E-state index in [4.69, 9.17) is 9.47 Å². The molecule has 3 rings (SSSR count). The lowest BCUT2D eigenvalue weighted by atomic mass is 10.0. The lowest BCUT2D eigenvalue weighted by Crippen LogP contribution is -2.39. The summed E-state index contributed by atoms with van der Waals surface area (Å²) in [4.78, 5) is 15.8. The first-order valence-corrected chi connectivity index (χ1v) is 10.1. The van der Waals surface area contributed by atoms with E-state index >= 15 is 0 Å². The highest BCUT2D eigenvalue weighted by Gasteiger charge is 2.23. The summed E-state index contributed by atoms with van der Waals surface area (Å²) in [7, 11) is 0. The number of ether oxygens (including phenoxy) is 2. The first kappa shape index (κ1) is 18.9. The summed E-state index contributed by atoms with van der Waals surface area (Å²) in [6.45, 7) is 6.42. The lowest BCUT2D eigenvalue weighted by Gasteiger charge is -2.25. The molecule has 1 unspecified atom stereocenters. The molecule has 2 heterocycles. The van der Waals surface area contributed by atoms with Gasteiger partial charge in [0.2, 0.25) is 0 Å². The number of carbonyl (C=O) groups is 1. The van der Waals surface area contributed by atoms with E-state index in [9.17, 15) is 4.79 Å². The Morgan fingerprint density at radius 1 is 1.31 bits per heavy atom. The summed E-state index contributed by atoms with van der Waals surface area (Å²) in [5, 5.41) is 2.04. The molecular weight excluding hydrogens is 346 g/mol. The predicted molar refractivity (Wildman–Crippen MR) is 105 cm³/mol. The van der Waals surface area contributed by atoms with Gasteiger partial charge in [0.1, 0.15) is 5.75 Å². The van der Waals surface area contributed by atoms with Crippen molar-refractivity contribution in [2.45, 2.75) is 45.3 Å². The van der Waals surface area contributed by atoms with Crippen LogP contribution >= 0.6 is 11.3 Å². The Bertz CT molecular complexity index is 676. The van der Waals surface area contributed by atoms with E-state index in [1.165, 1.54) is 10.4 Å². The Kier molecular flexibility index (Phi) is 6.69. The second-order valence-corrected chi connectivity index (χ2v) is 8.03. The van der Waals surface area contributed by atoms with Gasteiger partial charge in [0.15, 0.2) is 6.61 Å².